The van der Waals surface area contributed by atoms with Gasteiger partial charge in [-0.2, -0.15) is 5.10 Å². The highest BCUT2D eigenvalue weighted by atomic mass is 16.5. The van der Waals surface area contributed by atoms with E-state index in [2.05, 4.69) is 15.8 Å². The molecule has 2 N–H and O–H groups in total. The quantitative estimate of drug-likeness (QED) is 0.347. The number of para-hydroxylation sites is 1. The lowest BCUT2D eigenvalue weighted by Gasteiger charge is -2.08. The molecule has 0 aliphatic heterocycles. The smallest absolute Gasteiger partial charge is 0.329 e. The van der Waals surface area contributed by atoms with Crippen LogP contribution in [0.4, 0.5) is 5.69 Å². The van der Waals surface area contributed by atoms with E-state index in [4.69, 9.17) is 14.2 Å². The number of anilines is 1. The number of benzene rings is 3. The van der Waals surface area contributed by atoms with Gasteiger partial charge in [0.25, 0.3) is 0 Å². The lowest BCUT2D eigenvalue weighted by Crippen LogP contribution is -2.32. The van der Waals surface area contributed by atoms with E-state index in [1.165, 1.54) is 20.4 Å². The number of ether oxygens (including phenoxy) is 3. The summed E-state index contributed by atoms with van der Waals surface area (Å²) in [6, 6.07) is 21.1. The van der Waals surface area contributed by atoms with Gasteiger partial charge in [0.2, 0.25) is 0 Å². The van der Waals surface area contributed by atoms with Gasteiger partial charge in [-0.05, 0) is 60.2 Å². The number of hydrogen-bond donors (Lipinski definition) is 2. The van der Waals surface area contributed by atoms with Gasteiger partial charge in [0, 0.05) is 5.69 Å². The normalized spacial score (nSPS) is 10.4. The third kappa shape index (κ3) is 6.07. The molecular formula is C23H21N3O5. The topological polar surface area (TPSA) is 98.2 Å². The van der Waals surface area contributed by atoms with Crippen LogP contribution in [0.5, 0.6) is 23.0 Å². The molecule has 158 valence electrons. The Kier molecular flexibility index (Phi) is 7.21. The first-order valence-electron chi connectivity index (χ1n) is 9.28. The molecule has 8 heteroatoms. The number of methoxy groups -OCH3 is 2. The molecule has 31 heavy (non-hydrogen) atoms. The Morgan fingerprint density at radius 1 is 0.806 bits per heavy atom. The number of hydrogen-bond acceptors (Lipinski definition) is 6. The summed E-state index contributed by atoms with van der Waals surface area (Å²) in [5, 5.41) is 6.29. The molecule has 0 saturated carbocycles. The van der Waals surface area contributed by atoms with E-state index in [0.717, 1.165) is 0 Å². The van der Waals surface area contributed by atoms with E-state index in [-0.39, 0.29) is 0 Å². The molecule has 0 radical (unpaired) electrons. The fourth-order valence-electron chi connectivity index (χ4n) is 2.57. The fraction of sp³-hybridized carbons (Fsp3) is 0.0870. The minimum atomic E-state index is -0.902. The molecule has 0 spiro atoms. The second kappa shape index (κ2) is 10.4. The number of nitrogens with one attached hydrogen (secondary N) is 2. The van der Waals surface area contributed by atoms with E-state index in [1.54, 1.807) is 42.5 Å². The Morgan fingerprint density at radius 3 is 2.16 bits per heavy atom. The van der Waals surface area contributed by atoms with Crippen molar-refractivity contribution in [1.29, 1.82) is 0 Å². The van der Waals surface area contributed by atoms with Gasteiger partial charge in [-0.25, -0.2) is 5.43 Å². The number of hydrazone groups is 1. The molecule has 0 atom stereocenters. The maximum absolute atomic E-state index is 12.0. The van der Waals surface area contributed by atoms with Crippen molar-refractivity contribution in [3.8, 4) is 23.0 Å². The second-order valence-corrected chi connectivity index (χ2v) is 6.21. The molecule has 2 amide bonds. The highest BCUT2D eigenvalue weighted by Crippen LogP contribution is 2.27. The number of amides is 2. The standard InChI is InChI=1S/C23H21N3O5/c1-29-20-13-8-16(14-21(20)30-2)15-24-26-23(28)22(27)25-17-9-11-19(12-10-17)31-18-6-4-3-5-7-18/h3-15H,1-2H3,(H,25,27)(H,26,28)/b24-15+. The van der Waals surface area contributed by atoms with Crippen LogP contribution in [-0.4, -0.2) is 32.2 Å². The van der Waals surface area contributed by atoms with Crippen LogP contribution in [-0.2, 0) is 9.59 Å². The molecule has 0 bridgehead atoms. The van der Waals surface area contributed by atoms with Gasteiger partial charge in [0.15, 0.2) is 11.5 Å². The highest BCUT2D eigenvalue weighted by Gasteiger charge is 2.13. The van der Waals surface area contributed by atoms with Crippen LogP contribution in [0.25, 0.3) is 0 Å². The van der Waals surface area contributed by atoms with Crippen LogP contribution in [0.1, 0.15) is 5.56 Å². The molecule has 0 aliphatic carbocycles. The van der Waals surface area contributed by atoms with E-state index < -0.39 is 11.8 Å². The van der Waals surface area contributed by atoms with Gasteiger partial charge < -0.3 is 19.5 Å². The summed E-state index contributed by atoms with van der Waals surface area (Å²) in [4.78, 5) is 24.0. The van der Waals surface area contributed by atoms with Crippen LogP contribution in [0.2, 0.25) is 0 Å². The van der Waals surface area contributed by atoms with Crippen molar-refractivity contribution in [3.63, 3.8) is 0 Å². The molecular weight excluding hydrogens is 398 g/mol. The Balaban J connectivity index is 1.52. The van der Waals surface area contributed by atoms with E-state index in [0.29, 0.717) is 34.2 Å². The molecule has 3 aromatic carbocycles. The maximum Gasteiger partial charge on any atom is 0.329 e. The minimum Gasteiger partial charge on any atom is -0.493 e. The van der Waals surface area contributed by atoms with Gasteiger partial charge >= 0.3 is 11.8 Å². The predicted molar refractivity (Wildman–Crippen MR) is 117 cm³/mol. The number of nitrogens with zero attached hydrogens (tertiary/aromatic N) is 1. The molecule has 3 aromatic rings. The number of carbonyl (C=O) groups excluding carboxylic acids is 2. The minimum absolute atomic E-state index is 0.449. The summed E-state index contributed by atoms with van der Waals surface area (Å²) in [5.41, 5.74) is 3.29. The first-order chi connectivity index (χ1) is 15.1. The number of rotatable bonds is 7. The van der Waals surface area contributed by atoms with Crippen LogP contribution in [0, 0.1) is 0 Å². The van der Waals surface area contributed by atoms with Crippen molar-refractivity contribution < 1.29 is 23.8 Å². The van der Waals surface area contributed by atoms with Crippen LogP contribution < -0.4 is 25.0 Å². The van der Waals surface area contributed by atoms with Crippen molar-refractivity contribution >= 4 is 23.7 Å². The highest BCUT2D eigenvalue weighted by molar-refractivity contribution is 6.39. The summed E-state index contributed by atoms with van der Waals surface area (Å²) < 4.78 is 16.0. The molecule has 0 heterocycles. The molecule has 0 saturated heterocycles. The van der Waals surface area contributed by atoms with Crippen molar-refractivity contribution in [2.45, 2.75) is 0 Å². The third-order valence-electron chi connectivity index (χ3n) is 4.08. The first kappa shape index (κ1) is 21.4. The molecule has 0 fully saturated rings. The van der Waals surface area contributed by atoms with Gasteiger partial charge in [0.1, 0.15) is 11.5 Å². The summed E-state index contributed by atoms with van der Waals surface area (Å²) >= 11 is 0. The zero-order chi connectivity index (χ0) is 22.1. The SMILES string of the molecule is COc1ccc(/C=N/NC(=O)C(=O)Nc2ccc(Oc3ccccc3)cc2)cc1OC. The van der Waals surface area contributed by atoms with Gasteiger partial charge in [-0.15, -0.1) is 0 Å². The Labute approximate surface area is 179 Å². The fourth-order valence-corrected chi connectivity index (χ4v) is 2.57. The van der Waals surface area contributed by atoms with Crippen LogP contribution in [0.15, 0.2) is 77.9 Å². The van der Waals surface area contributed by atoms with Crippen molar-refractivity contribution in [3.05, 3.63) is 78.4 Å². The Bertz CT molecular complexity index is 1070. The summed E-state index contributed by atoms with van der Waals surface area (Å²) in [5.74, 6) is 0.653. The molecule has 8 nitrogen and oxygen atoms in total. The molecule has 0 aromatic heterocycles. The van der Waals surface area contributed by atoms with Crippen LogP contribution >= 0.6 is 0 Å². The Morgan fingerprint density at radius 2 is 1.48 bits per heavy atom. The summed E-state index contributed by atoms with van der Waals surface area (Å²) in [6.07, 6.45) is 1.39. The average Bonchev–Trinajstić information content (AvgIpc) is 2.80. The third-order valence-corrected chi connectivity index (χ3v) is 4.08. The maximum atomic E-state index is 12.0. The first-order valence-corrected chi connectivity index (χ1v) is 9.28. The second-order valence-electron chi connectivity index (χ2n) is 6.21. The van der Waals surface area contributed by atoms with Gasteiger partial charge in [-0.3, -0.25) is 9.59 Å². The molecule has 3 rings (SSSR count). The lowest BCUT2D eigenvalue weighted by atomic mass is 10.2. The monoisotopic (exact) mass is 419 g/mol. The van der Waals surface area contributed by atoms with E-state index in [9.17, 15) is 9.59 Å². The molecule has 0 unspecified atom stereocenters. The van der Waals surface area contributed by atoms with Crippen LogP contribution in [0.3, 0.4) is 0 Å². The average molecular weight is 419 g/mol. The zero-order valence-corrected chi connectivity index (χ0v) is 17.0. The Hall–Kier alpha value is -4.33. The molecule has 0 aliphatic rings. The predicted octanol–water partition coefficient (Wildman–Crippen LogP) is 3.58. The summed E-state index contributed by atoms with van der Waals surface area (Å²) in [7, 11) is 3.06. The number of carbonyl (C=O) groups is 2. The van der Waals surface area contributed by atoms with Gasteiger partial charge in [-0.1, -0.05) is 18.2 Å². The van der Waals surface area contributed by atoms with Crippen molar-refractivity contribution in [2.24, 2.45) is 5.10 Å². The van der Waals surface area contributed by atoms with E-state index in [1.807, 2.05) is 30.3 Å². The van der Waals surface area contributed by atoms with Crippen molar-refractivity contribution in [1.82, 2.24) is 5.43 Å². The summed E-state index contributed by atoms with van der Waals surface area (Å²) in [6.45, 7) is 0. The largest absolute Gasteiger partial charge is 0.493 e. The van der Waals surface area contributed by atoms with Gasteiger partial charge in [0.05, 0.1) is 20.4 Å². The zero-order valence-electron chi connectivity index (χ0n) is 17.0. The van der Waals surface area contributed by atoms with E-state index >= 15 is 0 Å². The lowest BCUT2D eigenvalue weighted by molar-refractivity contribution is -0.136. The van der Waals surface area contributed by atoms with Crippen molar-refractivity contribution in [2.75, 3.05) is 19.5 Å².